The van der Waals surface area contributed by atoms with Crippen LogP contribution in [0, 0.1) is 5.41 Å². The molecule has 1 aliphatic carbocycles. The van der Waals surface area contributed by atoms with Crippen LogP contribution >= 0.6 is 0 Å². The molecule has 2 aromatic carbocycles. The Balaban J connectivity index is 1.65. The van der Waals surface area contributed by atoms with E-state index >= 15 is 0 Å². The number of carboxylic acid groups (broad SMARTS) is 1. The van der Waals surface area contributed by atoms with Gasteiger partial charge in [0.25, 0.3) is 5.91 Å². The molecule has 0 fully saturated rings. The number of carboxylic acids is 1. The standard InChI is InChI=1S/C27H26N6O4/c28-17-6-9-20-23(14-17)37-24-15-18(29)7-10-21(24)25(20)19-8-5-16(13-22(19)27(35)36)26(34)31-11-3-1-2-4-12-32-33-30/h5-10,13-15,28H,1-4,11-12,29H2,(H,31,34)(H,35,36). The fraction of sp³-hybridized carbons (Fsp3) is 0.222. The molecular weight excluding hydrogens is 472 g/mol. The van der Waals surface area contributed by atoms with Crippen LogP contribution < -0.4 is 16.4 Å². The van der Waals surface area contributed by atoms with E-state index in [2.05, 4.69) is 15.3 Å². The van der Waals surface area contributed by atoms with Gasteiger partial charge in [0.2, 0.25) is 0 Å². The number of aromatic carboxylic acids is 1. The number of nitrogen functional groups attached to an aromatic ring is 1. The Hall–Kier alpha value is -4.82. The van der Waals surface area contributed by atoms with E-state index in [9.17, 15) is 14.7 Å². The number of unbranched alkanes of at least 4 members (excludes halogenated alkanes) is 3. The Labute approximate surface area is 212 Å². The molecule has 1 aliphatic heterocycles. The Bertz CT molecular complexity index is 1550. The van der Waals surface area contributed by atoms with Crippen molar-refractivity contribution >= 4 is 28.5 Å². The molecule has 1 amide bonds. The normalized spacial score (nSPS) is 10.8. The average molecular weight is 499 g/mol. The van der Waals surface area contributed by atoms with Crippen molar-refractivity contribution in [3.63, 3.8) is 0 Å². The lowest BCUT2D eigenvalue weighted by atomic mass is 9.89. The third-order valence-electron chi connectivity index (χ3n) is 6.06. The topological polar surface area (TPSA) is 178 Å². The van der Waals surface area contributed by atoms with Crippen molar-refractivity contribution in [2.75, 3.05) is 18.8 Å². The molecule has 0 spiro atoms. The van der Waals surface area contributed by atoms with E-state index in [1.807, 2.05) is 0 Å². The fourth-order valence-electron chi connectivity index (χ4n) is 4.29. The largest absolute Gasteiger partial charge is 0.478 e. The van der Waals surface area contributed by atoms with Gasteiger partial charge in [-0.3, -0.25) is 4.79 Å². The average Bonchev–Trinajstić information content (AvgIpc) is 2.88. The molecule has 0 radical (unpaired) electrons. The van der Waals surface area contributed by atoms with Crippen LogP contribution in [0.3, 0.4) is 0 Å². The Morgan fingerprint density at radius 1 is 1.03 bits per heavy atom. The summed E-state index contributed by atoms with van der Waals surface area (Å²) < 4.78 is 5.99. The second kappa shape index (κ2) is 11.3. The van der Waals surface area contributed by atoms with Crippen LogP contribution in [0.2, 0.25) is 0 Å². The van der Waals surface area contributed by atoms with Gasteiger partial charge in [0.1, 0.15) is 11.3 Å². The first kappa shape index (κ1) is 25.3. The van der Waals surface area contributed by atoms with Gasteiger partial charge in [-0.1, -0.05) is 24.0 Å². The highest BCUT2D eigenvalue weighted by Crippen LogP contribution is 2.41. The number of nitrogens with zero attached hydrogens (tertiary/aromatic N) is 3. The predicted molar refractivity (Wildman–Crippen MR) is 140 cm³/mol. The predicted octanol–water partition coefficient (Wildman–Crippen LogP) is 5.56. The molecule has 10 nitrogen and oxygen atoms in total. The maximum atomic E-state index is 12.7. The van der Waals surface area contributed by atoms with Crippen LogP contribution in [0.1, 0.15) is 46.4 Å². The number of nitrogens with two attached hydrogens (primary N) is 1. The lowest BCUT2D eigenvalue weighted by Crippen LogP contribution is -2.24. The first-order chi connectivity index (χ1) is 17.9. The van der Waals surface area contributed by atoms with Crippen LogP contribution in [-0.4, -0.2) is 30.1 Å². The third-order valence-corrected chi connectivity index (χ3v) is 6.06. The van der Waals surface area contributed by atoms with Crippen molar-refractivity contribution in [3.05, 3.63) is 81.5 Å². The summed E-state index contributed by atoms with van der Waals surface area (Å²) in [5.74, 6) is -1.09. The number of carbonyl (C=O) groups is 2. The number of hydrogen-bond donors (Lipinski definition) is 4. The summed E-state index contributed by atoms with van der Waals surface area (Å²) in [6.45, 7) is 0.918. The molecule has 10 heteroatoms. The molecular formula is C27H26N6O4. The van der Waals surface area contributed by atoms with Crippen molar-refractivity contribution in [1.29, 1.82) is 5.41 Å². The molecule has 0 saturated carbocycles. The van der Waals surface area contributed by atoms with Gasteiger partial charge in [0.15, 0.2) is 0 Å². The van der Waals surface area contributed by atoms with E-state index in [4.69, 9.17) is 21.1 Å². The molecule has 2 aromatic rings. The van der Waals surface area contributed by atoms with Crippen molar-refractivity contribution < 1.29 is 19.1 Å². The summed E-state index contributed by atoms with van der Waals surface area (Å²) in [4.78, 5) is 27.8. The minimum Gasteiger partial charge on any atom is -0.478 e. The SMILES string of the molecule is [N-]=[N+]=NCCCCCCNC(=O)c1ccc(-c2c3ccc(=N)cc-3oc3cc(N)ccc23)c(C(=O)O)c1. The van der Waals surface area contributed by atoms with Gasteiger partial charge in [-0.15, -0.1) is 0 Å². The molecule has 0 aromatic heterocycles. The van der Waals surface area contributed by atoms with E-state index in [0.29, 0.717) is 52.2 Å². The van der Waals surface area contributed by atoms with E-state index in [-0.39, 0.29) is 22.4 Å². The second-order valence-electron chi connectivity index (χ2n) is 8.63. The lowest BCUT2D eigenvalue weighted by molar-refractivity contribution is 0.0697. The number of anilines is 1. The maximum absolute atomic E-state index is 12.7. The molecule has 1 heterocycles. The molecule has 0 saturated heterocycles. The van der Waals surface area contributed by atoms with Gasteiger partial charge in [0, 0.05) is 57.9 Å². The highest BCUT2D eigenvalue weighted by molar-refractivity contribution is 6.09. The molecule has 0 unspecified atom stereocenters. The number of hydrogen-bond acceptors (Lipinski definition) is 6. The monoisotopic (exact) mass is 498 g/mol. The minimum atomic E-state index is -1.17. The molecule has 0 atom stereocenters. The number of azide groups is 1. The van der Waals surface area contributed by atoms with Crippen LogP contribution in [0.5, 0.6) is 0 Å². The van der Waals surface area contributed by atoms with E-state index in [1.54, 1.807) is 48.5 Å². The highest BCUT2D eigenvalue weighted by atomic mass is 16.4. The van der Waals surface area contributed by atoms with Gasteiger partial charge in [-0.25, -0.2) is 4.79 Å². The quantitative estimate of drug-likeness (QED) is 0.0557. The zero-order valence-electron chi connectivity index (χ0n) is 20.0. The fourth-order valence-corrected chi connectivity index (χ4v) is 4.29. The van der Waals surface area contributed by atoms with Gasteiger partial charge >= 0.3 is 5.97 Å². The van der Waals surface area contributed by atoms with E-state index in [1.165, 1.54) is 6.07 Å². The summed E-state index contributed by atoms with van der Waals surface area (Å²) in [6, 6.07) is 14.7. The first-order valence-electron chi connectivity index (χ1n) is 11.9. The number of amides is 1. The van der Waals surface area contributed by atoms with Gasteiger partial charge in [0.05, 0.1) is 10.9 Å². The summed E-state index contributed by atoms with van der Waals surface area (Å²) in [6.07, 6.45) is 3.33. The van der Waals surface area contributed by atoms with Crippen LogP contribution in [0.15, 0.2) is 64.1 Å². The minimum absolute atomic E-state index is 0.0220. The number of nitrogens with one attached hydrogen (secondary N) is 2. The summed E-state index contributed by atoms with van der Waals surface area (Å²) in [5, 5.41) is 25.3. The molecule has 188 valence electrons. The van der Waals surface area contributed by atoms with Crippen molar-refractivity contribution in [2.45, 2.75) is 25.7 Å². The first-order valence-corrected chi connectivity index (χ1v) is 11.9. The number of benzene rings is 3. The second-order valence-corrected chi connectivity index (χ2v) is 8.63. The number of rotatable bonds is 10. The van der Waals surface area contributed by atoms with Crippen LogP contribution in [0.25, 0.3) is 43.9 Å². The van der Waals surface area contributed by atoms with Gasteiger partial charge in [-0.2, -0.15) is 0 Å². The summed E-state index contributed by atoms with van der Waals surface area (Å²) in [7, 11) is 0. The molecule has 37 heavy (non-hydrogen) atoms. The van der Waals surface area contributed by atoms with Crippen molar-refractivity contribution in [2.24, 2.45) is 5.11 Å². The van der Waals surface area contributed by atoms with E-state index < -0.39 is 5.97 Å². The molecule has 0 bridgehead atoms. The summed E-state index contributed by atoms with van der Waals surface area (Å²) >= 11 is 0. The number of carbonyl (C=O) groups excluding carboxylic acids is 1. The zero-order valence-corrected chi connectivity index (χ0v) is 20.0. The molecule has 4 rings (SSSR count). The number of fused-ring (bicyclic) bond motifs is 2. The molecule has 5 N–H and O–H groups in total. The van der Waals surface area contributed by atoms with Gasteiger partial charge in [-0.05, 0) is 60.3 Å². The highest BCUT2D eigenvalue weighted by Gasteiger charge is 2.22. The third kappa shape index (κ3) is 5.71. The van der Waals surface area contributed by atoms with Crippen LogP contribution in [-0.2, 0) is 0 Å². The van der Waals surface area contributed by atoms with Crippen LogP contribution in [0.4, 0.5) is 5.69 Å². The van der Waals surface area contributed by atoms with Gasteiger partial charge < -0.3 is 26.0 Å². The Morgan fingerprint density at radius 2 is 1.81 bits per heavy atom. The van der Waals surface area contributed by atoms with Crippen molar-refractivity contribution in [1.82, 2.24) is 5.32 Å². The Morgan fingerprint density at radius 3 is 2.59 bits per heavy atom. The summed E-state index contributed by atoms with van der Waals surface area (Å²) in [5.41, 5.74) is 17.1. The lowest BCUT2D eigenvalue weighted by Gasteiger charge is -2.17. The zero-order chi connectivity index (χ0) is 26.4. The van der Waals surface area contributed by atoms with E-state index in [0.717, 1.165) is 25.7 Å². The maximum Gasteiger partial charge on any atom is 0.336 e. The Kier molecular flexibility index (Phi) is 7.71. The smallest absolute Gasteiger partial charge is 0.336 e. The molecule has 2 aliphatic rings. The van der Waals surface area contributed by atoms with Crippen molar-refractivity contribution in [3.8, 4) is 22.5 Å².